The maximum Gasteiger partial charge on any atom is 0.220 e. The Morgan fingerprint density at radius 1 is 1.12 bits per heavy atom. The van der Waals surface area contributed by atoms with Crippen molar-refractivity contribution in [3.05, 3.63) is 59.7 Å². The third-order valence-electron chi connectivity index (χ3n) is 3.99. The number of hydrogen-bond donors (Lipinski definition) is 2. The Kier molecular flexibility index (Phi) is 7.25. The van der Waals surface area contributed by atoms with Gasteiger partial charge in [-0.15, -0.1) is 11.8 Å². The molecule has 2 N–H and O–H groups in total. The van der Waals surface area contributed by atoms with E-state index < -0.39 is 15.9 Å². The standard InChI is InChI=1S/C19H23NO4S2/c1-25-16-8-6-15(7-9-16)18(21)13-20-19(22)12-5-14-3-10-17(11-4-14)26(2,23)24/h3-4,6-11,18,21H,5,12-13H2,1-2H3,(H,20,22). The molecule has 0 spiro atoms. The highest BCUT2D eigenvalue weighted by molar-refractivity contribution is 7.98. The number of benzene rings is 2. The van der Waals surface area contributed by atoms with Crippen molar-refractivity contribution in [2.75, 3.05) is 19.1 Å². The van der Waals surface area contributed by atoms with E-state index in [9.17, 15) is 18.3 Å². The van der Waals surface area contributed by atoms with E-state index in [1.165, 1.54) is 0 Å². The van der Waals surface area contributed by atoms with Gasteiger partial charge in [-0.3, -0.25) is 4.79 Å². The van der Waals surface area contributed by atoms with Crippen molar-refractivity contribution in [1.82, 2.24) is 5.32 Å². The summed E-state index contributed by atoms with van der Waals surface area (Å²) in [5, 5.41) is 12.9. The third kappa shape index (κ3) is 6.16. The lowest BCUT2D eigenvalue weighted by Crippen LogP contribution is -2.28. The van der Waals surface area contributed by atoms with Gasteiger partial charge in [0.2, 0.25) is 5.91 Å². The molecule has 5 nitrogen and oxygen atoms in total. The lowest BCUT2D eigenvalue weighted by molar-refractivity contribution is -0.121. The van der Waals surface area contributed by atoms with Crippen LogP contribution < -0.4 is 5.32 Å². The van der Waals surface area contributed by atoms with Crippen LogP contribution >= 0.6 is 11.8 Å². The number of aliphatic hydroxyl groups excluding tert-OH is 1. The second kappa shape index (κ2) is 9.21. The minimum atomic E-state index is -3.21. The van der Waals surface area contributed by atoms with Crippen molar-refractivity contribution >= 4 is 27.5 Å². The number of sulfone groups is 1. The number of hydrogen-bond acceptors (Lipinski definition) is 5. The summed E-state index contributed by atoms with van der Waals surface area (Å²) in [7, 11) is -3.21. The summed E-state index contributed by atoms with van der Waals surface area (Å²) in [5.74, 6) is -0.156. The van der Waals surface area contributed by atoms with Gasteiger partial charge in [-0.05, 0) is 48.1 Å². The highest BCUT2D eigenvalue weighted by Gasteiger charge is 2.10. The molecule has 0 aliphatic rings. The summed E-state index contributed by atoms with van der Waals surface area (Å²) in [5.41, 5.74) is 1.65. The van der Waals surface area contributed by atoms with Gasteiger partial charge in [-0.2, -0.15) is 0 Å². The van der Waals surface area contributed by atoms with E-state index in [1.807, 2.05) is 30.5 Å². The van der Waals surface area contributed by atoms with Crippen LogP contribution in [-0.2, 0) is 21.1 Å². The quantitative estimate of drug-likeness (QED) is 0.674. The van der Waals surface area contributed by atoms with E-state index in [2.05, 4.69) is 5.32 Å². The number of carbonyl (C=O) groups is 1. The summed E-state index contributed by atoms with van der Waals surface area (Å²) in [4.78, 5) is 13.3. The number of carbonyl (C=O) groups excluding carboxylic acids is 1. The zero-order valence-corrected chi connectivity index (χ0v) is 16.4. The van der Waals surface area contributed by atoms with Crippen LogP contribution in [0.3, 0.4) is 0 Å². The molecule has 0 heterocycles. The van der Waals surface area contributed by atoms with Crippen LogP contribution in [0.5, 0.6) is 0 Å². The minimum Gasteiger partial charge on any atom is -0.387 e. The summed E-state index contributed by atoms with van der Waals surface area (Å²) in [6.45, 7) is 0.157. The molecule has 0 bridgehead atoms. The van der Waals surface area contributed by atoms with Gasteiger partial charge in [0.1, 0.15) is 0 Å². The average molecular weight is 394 g/mol. The van der Waals surface area contributed by atoms with Crippen LogP contribution in [-0.4, -0.2) is 38.5 Å². The van der Waals surface area contributed by atoms with Gasteiger partial charge in [0, 0.05) is 24.1 Å². The fourth-order valence-electron chi connectivity index (χ4n) is 2.40. The molecule has 0 radical (unpaired) electrons. The summed E-state index contributed by atoms with van der Waals surface area (Å²) < 4.78 is 22.8. The van der Waals surface area contributed by atoms with E-state index in [-0.39, 0.29) is 23.8 Å². The average Bonchev–Trinajstić information content (AvgIpc) is 2.64. The van der Waals surface area contributed by atoms with E-state index in [0.29, 0.717) is 6.42 Å². The lowest BCUT2D eigenvalue weighted by atomic mass is 10.1. The molecule has 0 saturated carbocycles. The van der Waals surface area contributed by atoms with Crippen molar-refractivity contribution in [1.29, 1.82) is 0 Å². The van der Waals surface area contributed by atoms with Crippen molar-refractivity contribution < 1.29 is 18.3 Å². The maximum atomic E-state index is 12.0. The van der Waals surface area contributed by atoms with E-state index in [4.69, 9.17) is 0 Å². The molecule has 1 atom stereocenters. The van der Waals surface area contributed by atoms with E-state index >= 15 is 0 Å². The fraction of sp³-hybridized carbons (Fsp3) is 0.316. The molecule has 2 rings (SSSR count). The van der Waals surface area contributed by atoms with Crippen LogP contribution in [0.25, 0.3) is 0 Å². The zero-order valence-electron chi connectivity index (χ0n) is 14.8. The van der Waals surface area contributed by atoms with Crippen LogP contribution in [0.15, 0.2) is 58.3 Å². The molecule has 0 aliphatic carbocycles. The van der Waals surface area contributed by atoms with Crippen LogP contribution in [0.1, 0.15) is 23.7 Å². The molecule has 2 aromatic carbocycles. The molecule has 7 heteroatoms. The van der Waals surface area contributed by atoms with E-state index in [0.717, 1.165) is 22.3 Å². The molecule has 140 valence electrons. The Bertz CT molecular complexity index is 831. The van der Waals surface area contributed by atoms with Gasteiger partial charge < -0.3 is 10.4 Å². The van der Waals surface area contributed by atoms with Gasteiger partial charge in [0.05, 0.1) is 11.0 Å². The Balaban J connectivity index is 1.79. The fourth-order valence-corrected chi connectivity index (χ4v) is 3.44. The van der Waals surface area contributed by atoms with Gasteiger partial charge in [-0.1, -0.05) is 24.3 Å². The molecule has 0 fully saturated rings. The monoisotopic (exact) mass is 393 g/mol. The van der Waals surface area contributed by atoms with Gasteiger partial charge >= 0.3 is 0 Å². The number of rotatable bonds is 8. The van der Waals surface area contributed by atoms with Crippen molar-refractivity contribution in [3.8, 4) is 0 Å². The molecule has 0 aromatic heterocycles. The first-order valence-corrected chi connectivity index (χ1v) is 11.3. The van der Waals surface area contributed by atoms with Crippen LogP contribution in [0, 0.1) is 0 Å². The van der Waals surface area contributed by atoms with Crippen molar-refractivity contribution in [2.45, 2.75) is 28.7 Å². The maximum absolute atomic E-state index is 12.0. The number of amides is 1. The number of aliphatic hydroxyl groups is 1. The molecule has 2 aromatic rings. The predicted molar refractivity (Wildman–Crippen MR) is 104 cm³/mol. The molecular weight excluding hydrogens is 370 g/mol. The molecule has 1 unspecified atom stereocenters. The first-order valence-electron chi connectivity index (χ1n) is 8.17. The van der Waals surface area contributed by atoms with Gasteiger partial charge in [0.15, 0.2) is 9.84 Å². The Morgan fingerprint density at radius 3 is 2.27 bits per heavy atom. The highest BCUT2D eigenvalue weighted by Crippen LogP contribution is 2.18. The largest absolute Gasteiger partial charge is 0.387 e. The molecule has 26 heavy (non-hydrogen) atoms. The van der Waals surface area contributed by atoms with Crippen LogP contribution in [0.2, 0.25) is 0 Å². The summed E-state index contributed by atoms with van der Waals surface area (Å²) in [6, 6.07) is 14.1. The summed E-state index contributed by atoms with van der Waals surface area (Å²) in [6.07, 6.45) is 3.18. The molecule has 0 saturated heterocycles. The lowest BCUT2D eigenvalue weighted by Gasteiger charge is -2.13. The molecule has 1 amide bonds. The summed E-state index contributed by atoms with van der Waals surface area (Å²) >= 11 is 1.63. The smallest absolute Gasteiger partial charge is 0.220 e. The third-order valence-corrected chi connectivity index (χ3v) is 5.86. The normalized spacial score (nSPS) is 12.6. The SMILES string of the molecule is CSc1ccc(C(O)CNC(=O)CCc2ccc(S(C)(=O)=O)cc2)cc1. The zero-order chi connectivity index (χ0) is 19.2. The topological polar surface area (TPSA) is 83.5 Å². The second-order valence-corrected chi connectivity index (χ2v) is 8.90. The number of aryl methyl sites for hydroxylation is 1. The highest BCUT2D eigenvalue weighted by atomic mass is 32.2. The Morgan fingerprint density at radius 2 is 1.73 bits per heavy atom. The molecule has 0 aliphatic heterocycles. The van der Waals surface area contributed by atoms with Gasteiger partial charge in [-0.25, -0.2) is 8.42 Å². The van der Waals surface area contributed by atoms with E-state index in [1.54, 1.807) is 36.0 Å². The first-order chi connectivity index (χ1) is 12.3. The Labute approximate surface area is 158 Å². The van der Waals surface area contributed by atoms with Crippen molar-refractivity contribution in [3.63, 3.8) is 0 Å². The van der Waals surface area contributed by atoms with Crippen LogP contribution in [0.4, 0.5) is 0 Å². The first kappa shape index (κ1) is 20.5. The molecular formula is C19H23NO4S2. The number of nitrogens with one attached hydrogen (secondary N) is 1. The van der Waals surface area contributed by atoms with Gasteiger partial charge in [0.25, 0.3) is 0 Å². The van der Waals surface area contributed by atoms with Crippen molar-refractivity contribution in [2.24, 2.45) is 0 Å². The Hall–Kier alpha value is -1.83. The minimum absolute atomic E-state index is 0.156. The second-order valence-electron chi connectivity index (χ2n) is 6.01. The number of thioether (sulfide) groups is 1. The predicted octanol–water partition coefficient (Wildman–Crippen LogP) is 2.59.